The molecule has 0 heterocycles. The van der Waals surface area contributed by atoms with Gasteiger partial charge in [0.05, 0.1) is 43.1 Å². The van der Waals surface area contributed by atoms with Crippen molar-refractivity contribution in [1.29, 1.82) is 0 Å². The van der Waals surface area contributed by atoms with Crippen molar-refractivity contribution >= 4 is 40.6 Å². The molecule has 0 amide bonds. The van der Waals surface area contributed by atoms with Crippen molar-refractivity contribution in [3.63, 3.8) is 0 Å². The van der Waals surface area contributed by atoms with Crippen LogP contribution in [0.25, 0.3) is 11.1 Å². The Balaban J connectivity index is 1.91. The number of fused-ring (bicyclic) bond motifs is 2. The van der Waals surface area contributed by atoms with Gasteiger partial charge in [-0.1, -0.05) is 37.0 Å². The molecule has 40 heavy (non-hydrogen) atoms. The number of hydrogen-bond donors (Lipinski definition) is 2. The summed E-state index contributed by atoms with van der Waals surface area (Å²) >= 11 is 13.3. The van der Waals surface area contributed by atoms with Gasteiger partial charge in [0.15, 0.2) is 11.6 Å². The van der Waals surface area contributed by atoms with Gasteiger partial charge in [-0.3, -0.25) is 14.4 Å². The lowest BCUT2D eigenvalue weighted by molar-refractivity contribution is 0.0909. The number of phenols is 2. The van der Waals surface area contributed by atoms with E-state index in [1.807, 2.05) is 0 Å². The summed E-state index contributed by atoms with van der Waals surface area (Å²) < 4.78 is 16.5. The van der Waals surface area contributed by atoms with Crippen molar-refractivity contribution in [1.82, 2.24) is 0 Å². The van der Waals surface area contributed by atoms with Crippen LogP contribution in [0.3, 0.4) is 0 Å². The number of aromatic hydroxyl groups is 2. The van der Waals surface area contributed by atoms with Crippen LogP contribution in [0.5, 0.6) is 28.7 Å². The zero-order chi connectivity index (χ0) is 29.4. The second-order valence-corrected chi connectivity index (χ2v) is 10.8. The summed E-state index contributed by atoms with van der Waals surface area (Å²) in [6.45, 7) is 5.02. The molecule has 2 aliphatic carbocycles. The Bertz CT molecular complexity index is 1730. The molecule has 0 atom stereocenters. The number of carbonyl (C=O) groups excluding carboxylic acids is 3. The van der Waals surface area contributed by atoms with E-state index in [9.17, 15) is 24.6 Å². The van der Waals surface area contributed by atoms with E-state index in [1.54, 1.807) is 26.8 Å². The molecule has 5 rings (SSSR count). The quantitative estimate of drug-likeness (QED) is 0.346. The first-order valence-electron chi connectivity index (χ1n) is 12.1. The van der Waals surface area contributed by atoms with Crippen LogP contribution in [0.2, 0.25) is 10.0 Å². The van der Waals surface area contributed by atoms with Crippen LogP contribution in [-0.4, -0.2) is 48.9 Å². The molecule has 2 aliphatic rings. The minimum Gasteiger partial charge on any atom is -0.508 e. The number of Topliss-reactive ketones (excluding diaryl/α,β-unsaturated/α-hetero) is 3. The largest absolute Gasteiger partial charge is 0.508 e. The first-order valence-corrected chi connectivity index (χ1v) is 12.8. The van der Waals surface area contributed by atoms with Gasteiger partial charge in [-0.2, -0.15) is 0 Å². The fraction of sp³-hybridized carbons (Fsp3) is 0.233. The van der Waals surface area contributed by atoms with Crippen LogP contribution in [-0.2, 0) is 5.41 Å². The van der Waals surface area contributed by atoms with E-state index in [2.05, 4.69) is 0 Å². The van der Waals surface area contributed by atoms with Crippen LogP contribution < -0.4 is 14.2 Å². The third kappa shape index (κ3) is 3.56. The van der Waals surface area contributed by atoms with Crippen LogP contribution in [0.1, 0.15) is 56.0 Å². The molecule has 0 saturated heterocycles. The van der Waals surface area contributed by atoms with Gasteiger partial charge in [0.25, 0.3) is 0 Å². The number of ether oxygens (including phenoxy) is 3. The summed E-state index contributed by atoms with van der Waals surface area (Å²) in [4.78, 5) is 42.5. The van der Waals surface area contributed by atoms with Crippen molar-refractivity contribution in [2.75, 3.05) is 21.3 Å². The first kappa shape index (κ1) is 27.6. The molecule has 2 N–H and O–H groups in total. The number of rotatable bonds is 4. The van der Waals surface area contributed by atoms with Gasteiger partial charge < -0.3 is 24.4 Å². The number of benzene rings is 3. The van der Waals surface area contributed by atoms with Gasteiger partial charge in [0, 0.05) is 33.7 Å². The van der Waals surface area contributed by atoms with Gasteiger partial charge in [-0.15, -0.1) is 0 Å². The highest BCUT2D eigenvalue weighted by Gasteiger charge is 2.51. The molecule has 0 radical (unpaired) electrons. The molecule has 0 aliphatic heterocycles. The van der Waals surface area contributed by atoms with Crippen LogP contribution >= 0.6 is 23.2 Å². The van der Waals surface area contributed by atoms with Gasteiger partial charge in [0.1, 0.15) is 33.8 Å². The van der Waals surface area contributed by atoms with Crippen molar-refractivity contribution in [3.8, 4) is 39.9 Å². The van der Waals surface area contributed by atoms with Crippen molar-refractivity contribution < 1.29 is 38.8 Å². The molecule has 206 valence electrons. The number of hydrogen-bond acceptors (Lipinski definition) is 8. The number of methoxy groups -OCH3 is 3. The Morgan fingerprint density at radius 1 is 0.725 bits per heavy atom. The second kappa shape index (κ2) is 9.28. The van der Waals surface area contributed by atoms with Crippen LogP contribution in [0, 0.1) is 6.92 Å². The Morgan fingerprint density at radius 3 is 1.93 bits per heavy atom. The Hall–Kier alpha value is -4.01. The van der Waals surface area contributed by atoms with E-state index >= 15 is 0 Å². The molecule has 0 spiro atoms. The van der Waals surface area contributed by atoms with Crippen molar-refractivity contribution in [2.45, 2.75) is 26.2 Å². The van der Waals surface area contributed by atoms with Crippen LogP contribution in [0.4, 0.5) is 0 Å². The van der Waals surface area contributed by atoms with E-state index in [4.69, 9.17) is 37.4 Å². The minimum absolute atomic E-state index is 0.0925. The molecular formula is C30H24Cl2O8. The monoisotopic (exact) mass is 582 g/mol. The number of halogens is 2. The summed E-state index contributed by atoms with van der Waals surface area (Å²) in [5.74, 6) is -2.41. The minimum atomic E-state index is -1.26. The fourth-order valence-electron chi connectivity index (χ4n) is 5.73. The molecule has 8 nitrogen and oxygen atoms in total. The van der Waals surface area contributed by atoms with Crippen LogP contribution in [0.15, 0.2) is 35.4 Å². The van der Waals surface area contributed by atoms with E-state index in [0.717, 1.165) is 6.07 Å². The summed E-state index contributed by atoms with van der Waals surface area (Å²) in [6.07, 6.45) is 0. The Kier molecular flexibility index (Phi) is 6.39. The summed E-state index contributed by atoms with van der Waals surface area (Å²) in [5.41, 5.74) is -0.761. The predicted molar refractivity (Wildman–Crippen MR) is 149 cm³/mol. The van der Waals surface area contributed by atoms with Crippen molar-refractivity contribution in [3.05, 3.63) is 73.3 Å². The average molecular weight is 583 g/mol. The maximum Gasteiger partial charge on any atom is 0.201 e. The standard InChI is InChI=1S/C30H24Cl2O8/c1-11-7-16(38-4)25(32)29(40-6)18(11)13-10-17(39-5)24(31)21-19(13)26(35)22-23(28(21)37)30(2,3)14-8-12(33)9-15(34)20(14)27(22)36/h7-10,33-34H,1-6H3. The van der Waals surface area contributed by atoms with Gasteiger partial charge in [-0.05, 0) is 36.2 Å². The van der Waals surface area contributed by atoms with Gasteiger partial charge >= 0.3 is 0 Å². The molecule has 0 saturated carbocycles. The zero-order valence-corrected chi connectivity index (χ0v) is 23.9. The molecule has 0 unspecified atom stereocenters. The topological polar surface area (TPSA) is 119 Å². The molecular weight excluding hydrogens is 559 g/mol. The van der Waals surface area contributed by atoms with E-state index in [0.29, 0.717) is 16.9 Å². The van der Waals surface area contributed by atoms with Gasteiger partial charge in [-0.25, -0.2) is 0 Å². The molecule has 3 aromatic carbocycles. The highest BCUT2D eigenvalue weighted by molar-refractivity contribution is 6.46. The Labute approximate surface area is 239 Å². The lowest BCUT2D eigenvalue weighted by Crippen LogP contribution is -2.41. The average Bonchev–Trinajstić information content (AvgIpc) is 2.89. The molecule has 3 aromatic rings. The summed E-state index contributed by atoms with van der Waals surface area (Å²) in [7, 11) is 4.23. The number of allylic oxidation sites excluding steroid dienone is 2. The number of aryl methyl sites for hydroxylation is 1. The number of phenolic OH excluding ortho intramolecular Hbond substituents is 2. The van der Waals surface area contributed by atoms with E-state index in [1.165, 1.54) is 33.5 Å². The predicted octanol–water partition coefficient (Wildman–Crippen LogP) is 6.26. The summed E-state index contributed by atoms with van der Waals surface area (Å²) in [6, 6.07) is 5.47. The fourth-order valence-corrected chi connectivity index (χ4v) is 6.35. The smallest absolute Gasteiger partial charge is 0.201 e. The van der Waals surface area contributed by atoms with Gasteiger partial charge in [0.2, 0.25) is 5.78 Å². The number of carbonyl (C=O) groups is 3. The molecule has 10 heteroatoms. The van der Waals surface area contributed by atoms with Crippen molar-refractivity contribution in [2.24, 2.45) is 0 Å². The highest BCUT2D eigenvalue weighted by atomic mass is 35.5. The molecule has 0 fully saturated rings. The summed E-state index contributed by atoms with van der Waals surface area (Å²) in [5, 5.41) is 20.8. The second-order valence-electron chi connectivity index (χ2n) is 10.1. The highest BCUT2D eigenvalue weighted by Crippen LogP contribution is 2.54. The normalized spacial score (nSPS) is 15.4. The molecule has 0 aromatic heterocycles. The maximum absolute atomic E-state index is 14.4. The number of ketones is 3. The third-order valence-corrected chi connectivity index (χ3v) is 8.27. The lowest BCUT2D eigenvalue weighted by atomic mass is 9.62. The lowest BCUT2D eigenvalue weighted by Gasteiger charge is -2.38. The van der Waals surface area contributed by atoms with E-state index < -0.39 is 28.5 Å². The maximum atomic E-state index is 14.4. The molecule has 0 bridgehead atoms. The van der Waals surface area contributed by atoms with E-state index in [-0.39, 0.29) is 66.3 Å². The zero-order valence-electron chi connectivity index (χ0n) is 22.4. The third-order valence-electron chi connectivity index (χ3n) is 7.54. The first-order chi connectivity index (χ1) is 18.8. The Morgan fingerprint density at radius 2 is 1.32 bits per heavy atom. The SMILES string of the molecule is COc1cc(C)c(-c2cc(OC)c(Cl)c3c2C(=O)C2=C(C3=O)C(C)(C)c3cc(O)cc(O)c3C2=O)c(OC)c1Cl.